The molecule has 0 spiro atoms. The Bertz CT molecular complexity index is 977. The summed E-state index contributed by atoms with van der Waals surface area (Å²) in [5.41, 5.74) is 3.03. The molecule has 2 aromatic rings. The number of benzene rings is 2. The topological polar surface area (TPSA) is 71.1 Å². The van der Waals surface area contributed by atoms with Gasteiger partial charge in [0.25, 0.3) is 0 Å². The Morgan fingerprint density at radius 3 is 2.77 bits per heavy atom. The summed E-state index contributed by atoms with van der Waals surface area (Å²) >= 11 is 0. The number of nitrogens with one attached hydrogen (secondary N) is 1. The van der Waals surface area contributed by atoms with E-state index in [2.05, 4.69) is 16.3 Å². The van der Waals surface area contributed by atoms with Crippen molar-refractivity contribution in [2.24, 2.45) is 0 Å². The van der Waals surface area contributed by atoms with Crippen LogP contribution in [0.3, 0.4) is 0 Å². The summed E-state index contributed by atoms with van der Waals surface area (Å²) in [7, 11) is 0. The van der Waals surface area contributed by atoms with Crippen molar-refractivity contribution in [1.29, 1.82) is 0 Å². The van der Waals surface area contributed by atoms with Crippen molar-refractivity contribution in [3.8, 4) is 11.5 Å². The number of hydrogen-bond donors (Lipinski definition) is 1. The van der Waals surface area contributed by atoms with Crippen molar-refractivity contribution in [3.05, 3.63) is 48.0 Å². The van der Waals surface area contributed by atoms with Gasteiger partial charge in [0.15, 0.2) is 11.5 Å². The van der Waals surface area contributed by atoms with Crippen LogP contribution in [0.2, 0.25) is 0 Å². The van der Waals surface area contributed by atoms with E-state index in [1.54, 1.807) is 0 Å². The van der Waals surface area contributed by atoms with E-state index in [1.807, 2.05) is 41.3 Å². The molecule has 0 saturated carbocycles. The van der Waals surface area contributed by atoms with E-state index < -0.39 is 0 Å². The fourth-order valence-corrected chi connectivity index (χ4v) is 4.52. The molecule has 3 heterocycles. The molecule has 1 saturated heterocycles. The lowest BCUT2D eigenvalue weighted by atomic mass is 10.1. The van der Waals surface area contributed by atoms with Crippen molar-refractivity contribution in [3.63, 3.8) is 0 Å². The molecule has 5 rings (SSSR count). The van der Waals surface area contributed by atoms with Crippen molar-refractivity contribution in [1.82, 2.24) is 5.32 Å². The molecule has 0 aromatic heterocycles. The Labute approximate surface area is 175 Å². The van der Waals surface area contributed by atoms with Gasteiger partial charge in [-0.3, -0.25) is 9.59 Å². The second-order valence-corrected chi connectivity index (χ2v) is 7.95. The lowest BCUT2D eigenvalue weighted by molar-refractivity contribution is -0.125. The van der Waals surface area contributed by atoms with E-state index >= 15 is 0 Å². The van der Waals surface area contributed by atoms with Crippen LogP contribution in [0.5, 0.6) is 11.5 Å². The van der Waals surface area contributed by atoms with E-state index in [9.17, 15) is 9.59 Å². The standard InChI is InChI=1S/C23H25N3O4/c27-22(24-13-16-7-8-20-21(12-16)30-15-29-20)9-10-23(28)26-14-17-4-3-11-25(17)18-5-1-2-6-19(18)26/h1-2,5-8,12,17H,3-4,9-11,13-15H2,(H,24,27)/t17-/m1/s1. The number of ether oxygens (including phenoxy) is 2. The molecule has 1 fully saturated rings. The van der Waals surface area contributed by atoms with Crippen LogP contribution in [-0.2, 0) is 16.1 Å². The number of hydrogen-bond acceptors (Lipinski definition) is 5. The molecular formula is C23H25N3O4. The highest BCUT2D eigenvalue weighted by molar-refractivity contribution is 5.99. The van der Waals surface area contributed by atoms with Crippen LogP contribution in [0, 0.1) is 0 Å². The Hall–Kier alpha value is -3.22. The summed E-state index contributed by atoms with van der Waals surface area (Å²) in [6.45, 7) is 2.37. The third-order valence-electron chi connectivity index (χ3n) is 6.05. The zero-order chi connectivity index (χ0) is 20.5. The number of carbonyl (C=O) groups is 2. The van der Waals surface area contributed by atoms with E-state index in [1.165, 1.54) is 0 Å². The maximum Gasteiger partial charge on any atom is 0.231 e. The highest BCUT2D eigenvalue weighted by atomic mass is 16.7. The predicted octanol–water partition coefficient (Wildman–Crippen LogP) is 2.83. The predicted molar refractivity (Wildman–Crippen MR) is 113 cm³/mol. The zero-order valence-electron chi connectivity index (χ0n) is 16.8. The molecule has 0 unspecified atom stereocenters. The number of para-hydroxylation sites is 2. The van der Waals surface area contributed by atoms with Crippen LogP contribution in [0.25, 0.3) is 0 Å². The second-order valence-electron chi connectivity index (χ2n) is 7.95. The molecule has 0 radical (unpaired) electrons. The van der Waals surface area contributed by atoms with Gasteiger partial charge in [0.1, 0.15) is 0 Å². The average molecular weight is 407 g/mol. The minimum Gasteiger partial charge on any atom is -0.454 e. The highest BCUT2D eigenvalue weighted by Gasteiger charge is 2.35. The first kappa shape index (κ1) is 18.8. The zero-order valence-corrected chi connectivity index (χ0v) is 16.8. The third-order valence-corrected chi connectivity index (χ3v) is 6.05. The molecule has 0 aliphatic carbocycles. The molecule has 1 atom stereocenters. The first-order valence-corrected chi connectivity index (χ1v) is 10.5. The number of amides is 2. The number of carbonyl (C=O) groups excluding carboxylic acids is 2. The molecular weight excluding hydrogens is 382 g/mol. The van der Waals surface area contributed by atoms with E-state index in [0.29, 0.717) is 24.9 Å². The summed E-state index contributed by atoms with van der Waals surface area (Å²) < 4.78 is 10.7. The van der Waals surface area contributed by atoms with Gasteiger partial charge in [0, 0.05) is 38.5 Å². The van der Waals surface area contributed by atoms with Crippen molar-refractivity contribution >= 4 is 23.2 Å². The normalized spacial score (nSPS) is 18.7. The van der Waals surface area contributed by atoms with Gasteiger partial charge in [-0.2, -0.15) is 0 Å². The SMILES string of the molecule is O=C(CCC(=O)N1C[C@H]2CCCN2c2ccccc21)NCc1ccc2c(c1)OCO2. The number of fused-ring (bicyclic) bond motifs is 4. The third kappa shape index (κ3) is 3.56. The van der Waals surface area contributed by atoms with Crippen LogP contribution in [0.4, 0.5) is 11.4 Å². The van der Waals surface area contributed by atoms with Gasteiger partial charge in [0.2, 0.25) is 18.6 Å². The van der Waals surface area contributed by atoms with E-state index in [-0.39, 0.29) is 31.4 Å². The minimum absolute atomic E-state index is 0.00669. The number of rotatable bonds is 5. The van der Waals surface area contributed by atoms with Crippen LogP contribution in [0.15, 0.2) is 42.5 Å². The molecule has 7 nitrogen and oxygen atoms in total. The molecule has 0 bridgehead atoms. The summed E-state index contributed by atoms with van der Waals surface area (Å²) in [5.74, 6) is 1.29. The van der Waals surface area contributed by atoms with Crippen LogP contribution in [-0.4, -0.2) is 37.7 Å². The Kier molecular flexibility index (Phi) is 4.94. The average Bonchev–Trinajstić information content (AvgIpc) is 3.44. The van der Waals surface area contributed by atoms with Crippen molar-refractivity contribution < 1.29 is 19.1 Å². The van der Waals surface area contributed by atoms with Crippen LogP contribution in [0.1, 0.15) is 31.2 Å². The molecule has 3 aliphatic rings. The molecule has 156 valence electrons. The van der Waals surface area contributed by atoms with Crippen LogP contribution >= 0.6 is 0 Å². The molecule has 2 amide bonds. The fourth-order valence-electron chi connectivity index (χ4n) is 4.52. The highest BCUT2D eigenvalue weighted by Crippen LogP contribution is 2.39. The lowest BCUT2D eigenvalue weighted by Gasteiger charge is -2.40. The van der Waals surface area contributed by atoms with Gasteiger partial charge in [-0.25, -0.2) is 0 Å². The van der Waals surface area contributed by atoms with Gasteiger partial charge >= 0.3 is 0 Å². The molecule has 30 heavy (non-hydrogen) atoms. The maximum atomic E-state index is 13.0. The number of nitrogens with zero attached hydrogens (tertiary/aromatic N) is 2. The molecule has 7 heteroatoms. The van der Waals surface area contributed by atoms with E-state index in [0.717, 1.165) is 42.1 Å². The molecule has 1 N–H and O–H groups in total. The van der Waals surface area contributed by atoms with Crippen LogP contribution < -0.4 is 24.6 Å². The lowest BCUT2D eigenvalue weighted by Crippen LogP contribution is -2.48. The largest absolute Gasteiger partial charge is 0.454 e. The Morgan fingerprint density at radius 1 is 1.03 bits per heavy atom. The second kappa shape index (κ2) is 7.89. The maximum absolute atomic E-state index is 13.0. The van der Waals surface area contributed by atoms with E-state index in [4.69, 9.17) is 9.47 Å². The fraction of sp³-hybridized carbons (Fsp3) is 0.391. The minimum atomic E-state index is -0.131. The van der Waals surface area contributed by atoms with Crippen molar-refractivity contribution in [2.75, 3.05) is 29.7 Å². The molecule has 3 aliphatic heterocycles. The van der Waals surface area contributed by atoms with Gasteiger partial charge in [-0.05, 0) is 42.7 Å². The first-order chi connectivity index (χ1) is 14.7. The summed E-state index contributed by atoms with van der Waals surface area (Å²) in [4.78, 5) is 29.6. The first-order valence-electron chi connectivity index (χ1n) is 10.5. The monoisotopic (exact) mass is 407 g/mol. The smallest absolute Gasteiger partial charge is 0.231 e. The summed E-state index contributed by atoms with van der Waals surface area (Å²) in [5, 5.41) is 2.89. The van der Waals surface area contributed by atoms with Gasteiger partial charge in [0.05, 0.1) is 11.4 Å². The Morgan fingerprint density at radius 2 is 1.87 bits per heavy atom. The number of anilines is 2. The van der Waals surface area contributed by atoms with Gasteiger partial charge in [-0.1, -0.05) is 18.2 Å². The quantitative estimate of drug-likeness (QED) is 0.825. The van der Waals surface area contributed by atoms with Gasteiger partial charge < -0.3 is 24.6 Å². The Balaban J connectivity index is 1.17. The summed E-state index contributed by atoms with van der Waals surface area (Å²) in [6, 6.07) is 14.1. The summed E-state index contributed by atoms with van der Waals surface area (Å²) in [6.07, 6.45) is 2.64. The van der Waals surface area contributed by atoms with Gasteiger partial charge in [-0.15, -0.1) is 0 Å². The van der Waals surface area contributed by atoms with Crippen molar-refractivity contribution in [2.45, 2.75) is 38.3 Å². The molecule has 2 aromatic carbocycles.